The lowest BCUT2D eigenvalue weighted by atomic mass is 9.92. The number of hydrogen-bond acceptors (Lipinski definition) is 3. The van der Waals surface area contributed by atoms with Crippen LogP contribution in [0, 0.1) is 11.7 Å². The molecule has 0 aliphatic carbocycles. The Balaban J connectivity index is 3.17. The summed E-state index contributed by atoms with van der Waals surface area (Å²) in [5, 5.41) is 0. The molecule has 0 heterocycles. The van der Waals surface area contributed by atoms with Crippen molar-refractivity contribution in [3.05, 3.63) is 29.6 Å². The van der Waals surface area contributed by atoms with Gasteiger partial charge in [-0.05, 0) is 18.1 Å². The maximum atomic E-state index is 13.8. The number of nitrogens with two attached hydrogens (primary N) is 1. The van der Waals surface area contributed by atoms with E-state index in [9.17, 15) is 4.39 Å². The summed E-state index contributed by atoms with van der Waals surface area (Å²) in [7, 11) is 1.53. The molecule has 2 unspecified atom stereocenters. The third-order valence-electron chi connectivity index (χ3n) is 2.94. The van der Waals surface area contributed by atoms with Crippen molar-refractivity contribution in [3.63, 3.8) is 0 Å². The molecule has 16 heavy (non-hydrogen) atoms. The van der Waals surface area contributed by atoms with Gasteiger partial charge in [0, 0.05) is 5.56 Å². The third-order valence-corrected chi connectivity index (χ3v) is 2.94. The lowest BCUT2D eigenvalue weighted by Gasteiger charge is -2.24. The minimum atomic E-state index is -0.289. The normalized spacial score (nSPS) is 14.6. The second kappa shape index (κ2) is 5.82. The molecule has 0 aliphatic rings. The van der Waals surface area contributed by atoms with Gasteiger partial charge >= 0.3 is 0 Å². The van der Waals surface area contributed by atoms with Gasteiger partial charge < -0.3 is 4.74 Å². The Hall–Kier alpha value is -1.13. The summed E-state index contributed by atoms with van der Waals surface area (Å²) >= 11 is 0. The maximum Gasteiger partial charge on any atom is 0.131 e. The molecular formula is C12H19FN2O. The quantitative estimate of drug-likeness (QED) is 0.598. The lowest BCUT2D eigenvalue weighted by molar-refractivity contribution is 0.343. The van der Waals surface area contributed by atoms with Gasteiger partial charge in [-0.3, -0.25) is 11.3 Å². The molecule has 0 fully saturated rings. The van der Waals surface area contributed by atoms with Gasteiger partial charge in [-0.1, -0.05) is 26.3 Å². The van der Waals surface area contributed by atoms with Crippen molar-refractivity contribution in [2.24, 2.45) is 11.8 Å². The molecule has 0 amide bonds. The van der Waals surface area contributed by atoms with Gasteiger partial charge in [-0.15, -0.1) is 0 Å². The number of methoxy groups -OCH3 is 1. The van der Waals surface area contributed by atoms with Crippen LogP contribution in [0.25, 0.3) is 0 Å². The molecule has 0 bridgehead atoms. The standard InChI is InChI=1S/C12H19FN2O/c1-4-8(2)12(15-14)11-9(13)6-5-7-10(11)16-3/h5-8,12,15H,4,14H2,1-3H3. The van der Waals surface area contributed by atoms with E-state index in [0.29, 0.717) is 11.3 Å². The molecule has 2 atom stereocenters. The van der Waals surface area contributed by atoms with Crippen LogP contribution in [0.3, 0.4) is 0 Å². The predicted molar refractivity (Wildman–Crippen MR) is 62.5 cm³/mol. The molecule has 1 aromatic rings. The largest absolute Gasteiger partial charge is 0.496 e. The molecule has 1 aromatic carbocycles. The lowest BCUT2D eigenvalue weighted by Crippen LogP contribution is -2.33. The van der Waals surface area contributed by atoms with E-state index in [1.54, 1.807) is 12.1 Å². The summed E-state index contributed by atoms with van der Waals surface area (Å²) in [5.74, 6) is 5.98. The zero-order chi connectivity index (χ0) is 12.1. The van der Waals surface area contributed by atoms with Crippen molar-refractivity contribution in [3.8, 4) is 5.75 Å². The summed E-state index contributed by atoms with van der Waals surface area (Å²) in [5.41, 5.74) is 3.17. The zero-order valence-corrected chi connectivity index (χ0v) is 9.96. The van der Waals surface area contributed by atoms with Gasteiger partial charge in [0.1, 0.15) is 11.6 Å². The fraction of sp³-hybridized carbons (Fsp3) is 0.500. The van der Waals surface area contributed by atoms with Crippen molar-refractivity contribution < 1.29 is 9.13 Å². The van der Waals surface area contributed by atoms with Crippen LogP contribution >= 0.6 is 0 Å². The number of hydrogen-bond donors (Lipinski definition) is 2. The van der Waals surface area contributed by atoms with Crippen molar-refractivity contribution >= 4 is 0 Å². The van der Waals surface area contributed by atoms with E-state index in [4.69, 9.17) is 10.6 Å². The number of halogens is 1. The van der Waals surface area contributed by atoms with Crippen molar-refractivity contribution in [1.29, 1.82) is 0 Å². The highest BCUT2D eigenvalue weighted by Crippen LogP contribution is 2.32. The Kier molecular flexibility index (Phi) is 4.71. The average Bonchev–Trinajstić information content (AvgIpc) is 2.31. The van der Waals surface area contributed by atoms with Crippen molar-refractivity contribution in [2.45, 2.75) is 26.3 Å². The van der Waals surface area contributed by atoms with Gasteiger partial charge in [0.2, 0.25) is 0 Å². The minimum absolute atomic E-state index is 0.232. The molecule has 4 heteroatoms. The van der Waals surface area contributed by atoms with E-state index < -0.39 is 0 Å². The second-order valence-corrected chi connectivity index (χ2v) is 3.89. The number of ether oxygens (including phenoxy) is 1. The second-order valence-electron chi connectivity index (χ2n) is 3.89. The molecule has 3 nitrogen and oxygen atoms in total. The Morgan fingerprint density at radius 3 is 2.69 bits per heavy atom. The highest BCUT2D eigenvalue weighted by molar-refractivity contribution is 5.37. The number of rotatable bonds is 5. The first-order chi connectivity index (χ1) is 7.65. The summed E-state index contributed by atoms with van der Waals surface area (Å²) < 4.78 is 19.0. The molecule has 0 aliphatic heterocycles. The van der Waals surface area contributed by atoms with Crippen LogP contribution in [-0.4, -0.2) is 7.11 Å². The average molecular weight is 226 g/mol. The molecule has 0 aromatic heterocycles. The van der Waals surface area contributed by atoms with Crippen LogP contribution in [0.15, 0.2) is 18.2 Å². The molecule has 0 saturated carbocycles. The van der Waals surface area contributed by atoms with Crippen LogP contribution in [0.2, 0.25) is 0 Å². The highest BCUT2D eigenvalue weighted by Gasteiger charge is 2.23. The monoisotopic (exact) mass is 226 g/mol. The first-order valence-electron chi connectivity index (χ1n) is 5.44. The van der Waals surface area contributed by atoms with Crippen molar-refractivity contribution in [1.82, 2.24) is 5.43 Å². The molecular weight excluding hydrogens is 207 g/mol. The van der Waals surface area contributed by atoms with Crippen LogP contribution in [0.4, 0.5) is 4.39 Å². The van der Waals surface area contributed by atoms with Gasteiger partial charge in [0.25, 0.3) is 0 Å². The maximum absolute atomic E-state index is 13.8. The number of hydrazine groups is 1. The molecule has 0 radical (unpaired) electrons. The SMILES string of the molecule is CCC(C)C(NN)c1c(F)cccc1OC. The van der Waals surface area contributed by atoms with Crippen LogP contribution in [0.1, 0.15) is 31.9 Å². The van der Waals surface area contributed by atoms with E-state index in [-0.39, 0.29) is 17.8 Å². The molecule has 90 valence electrons. The van der Waals surface area contributed by atoms with Gasteiger partial charge in [-0.2, -0.15) is 0 Å². The summed E-state index contributed by atoms with van der Waals surface area (Å²) in [6.07, 6.45) is 0.909. The van der Waals surface area contributed by atoms with Crippen LogP contribution in [-0.2, 0) is 0 Å². The van der Waals surface area contributed by atoms with E-state index >= 15 is 0 Å². The van der Waals surface area contributed by atoms with Gasteiger partial charge in [-0.25, -0.2) is 4.39 Å². The third kappa shape index (κ3) is 2.51. The Morgan fingerprint density at radius 1 is 1.50 bits per heavy atom. The van der Waals surface area contributed by atoms with Crippen molar-refractivity contribution in [2.75, 3.05) is 7.11 Å². The summed E-state index contributed by atoms with van der Waals surface area (Å²) in [4.78, 5) is 0. The fourth-order valence-corrected chi connectivity index (χ4v) is 1.76. The molecule has 1 rings (SSSR count). The van der Waals surface area contributed by atoms with E-state index in [1.165, 1.54) is 13.2 Å². The Labute approximate surface area is 95.8 Å². The summed E-state index contributed by atoms with van der Waals surface area (Å²) in [6.45, 7) is 4.07. The molecule has 0 saturated heterocycles. The number of nitrogens with one attached hydrogen (secondary N) is 1. The Morgan fingerprint density at radius 2 is 2.19 bits per heavy atom. The zero-order valence-electron chi connectivity index (χ0n) is 9.96. The highest BCUT2D eigenvalue weighted by atomic mass is 19.1. The smallest absolute Gasteiger partial charge is 0.131 e. The first kappa shape index (κ1) is 12.9. The van der Waals surface area contributed by atoms with E-state index in [1.807, 2.05) is 13.8 Å². The van der Waals surface area contributed by atoms with Crippen LogP contribution < -0.4 is 16.0 Å². The first-order valence-corrected chi connectivity index (χ1v) is 5.44. The van der Waals surface area contributed by atoms with Gasteiger partial charge in [0.15, 0.2) is 0 Å². The predicted octanol–water partition coefficient (Wildman–Crippen LogP) is 2.38. The summed E-state index contributed by atoms with van der Waals surface area (Å²) in [6, 6.07) is 4.55. The van der Waals surface area contributed by atoms with E-state index in [2.05, 4.69) is 5.43 Å². The Bertz CT molecular complexity index is 344. The molecule has 0 spiro atoms. The topological polar surface area (TPSA) is 47.3 Å². The van der Waals surface area contributed by atoms with E-state index in [0.717, 1.165) is 6.42 Å². The fourth-order valence-electron chi connectivity index (χ4n) is 1.76. The molecule has 3 N–H and O–H groups in total. The van der Waals surface area contributed by atoms with Crippen LogP contribution in [0.5, 0.6) is 5.75 Å². The van der Waals surface area contributed by atoms with Gasteiger partial charge in [0.05, 0.1) is 13.2 Å². The minimum Gasteiger partial charge on any atom is -0.496 e. The number of benzene rings is 1.